The van der Waals surface area contributed by atoms with E-state index in [2.05, 4.69) is 59.2 Å². The van der Waals surface area contributed by atoms with E-state index >= 15 is 0 Å². The smallest absolute Gasteiger partial charge is 0.246 e. The molecule has 2 aromatic carbocycles. The van der Waals surface area contributed by atoms with E-state index in [-0.39, 0.29) is 48.6 Å². The summed E-state index contributed by atoms with van der Waals surface area (Å²) >= 11 is 20.1. The molecule has 9 rings (SSSR count). The number of aliphatic imine (C=N–C) groups is 2. The van der Waals surface area contributed by atoms with Crippen LogP contribution in [0, 0.1) is 5.92 Å². The van der Waals surface area contributed by atoms with Gasteiger partial charge >= 0.3 is 0 Å². The molecule has 3 aromatic rings. The Balaban J connectivity index is 0.851. The molecule has 18 nitrogen and oxygen atoms in total. The zero-order chi connectivity index (χ0) is 47.5. The summed E-state index contributed by atoms with van der Waals surface area (Å²) in [4.78, 5) is 81.2. The third-order valence-corrected chi connectivity index (χ3v) is 14.6. The molecule has 0 bridgehead atoms. The number of carbonyl (C=O) groups excluding carboxylic acids is 4. The number of nitrogens with zero attached hydrogens (tertiary/aromatic N) is 10. The summed E-state index contributed by atoms with van der Waals surface area (Å²) in [5, 5.41) is 14.4. The number of rotatable bonds is 14. The minimum atomic E-state index is -0.167. The van der Waals surface area contributed by atoms with E-state index in [0.29, 0.717) is 114 Å². The van der Waals surface area contributed by atoms with Gasteiger partial charge in [0.05, 0.1) is 45.9 Å². The van der Waals surface area contributed by atoms with Gasteiger partial charge in [0.15, 0.2) is 0 Å². The quantitative estimate of drug-likeness (QED) is 0.165. The molecule has 356 valence electrons. The molecule has 5 fully saturated rings. The van der Waals surface area contributed by atoms with Crippen LogP contribution >= 0.6 is 34.8 Å². The molecule has 2 unspecified atom stereocenters. The van der Waals surface area contributed by atoms with Gasteiger partial charge in [-0.2, -0.15) is 0 Å². The molecule has 0 spiro atoms. The van der Waals surface area contributed by atoms with Crippen LogP contribution in [0.5, 0.6) is 0 Å². The highest BCUT2D eigenvalue weighted by molar-refractivity contribution is 6.42. The molecule has 1 aromatic heterocycles. The van der Waals surface area contributed by atoms with Gasteiger partial charge in [0.2, 0.25) is 35.5 Å². The number of guanidine groups is 1. The third kappa shape index (κ3) is 10.3. The minimum Gasteiger partial charge on any atom is -0.374 e. The fourth-order valence-corrected chi connectivity index (χ4v) is 10.0. The second kappa shape index (κ2) is 20.7. The number of carbonyl (C=O) groups is 4. The molecular formula is C47H53Cl3N14O4. The minimum absolute atomic E-state index is 0.0131. The average Bonchev–Trinajstić information content (AvgIpc) is 3.46. The number of hydrogen-bond acceptors (Lipinski definition) is 14. The van der Waals surface area contributed by atoms with Crippen LogP contribution in [0.1, 0.15) is 17.9 Å². The Morgan fingerprint density at radius 1 is 0.647 bits per heavy atom. The number of fused-ring (bicyclic) bond motifs is 1. The Morgan fingerprint density at radius 3 is 1.69 bits per heavy atom. The predicted octanol–water partition coefficient (Wildman–Crippen LogP) is 4.63. The Morgan fingerprint density at radius 2 is 1.15 bits per heavy atom. The first-order chi connectivity index (χ1) is 32.9. The summed E-state index contributed by atoms with van der Waals surface area (Å²) in [7, 11) is 0. The summed E-state index contributed by atoms with van der Waals surface area (Å²) in [5.41, 5.74) is 4.04. The molecule has 1 aliphatic carbocycles. The lowest BCUT2D eigenvalue weighted by Gasteiger charge is -2.47. The molecule has 6 heterocycles. The van der Waals surface area contributed by atoms with E-state index in [1.54, 1.807) is 46.6 Å². The number of anilines is 5. The van der Waals surface area contributed by atoms with Crippen LogP contribution < -0.4 is 21.3 Å². The fourth-order valence-electron chi connectivity index (χ4n) is 9.38. The second-order valence-electron chi connectivity index (χ2n) is 17.5. The molecular weight excluding hydrogens is 931 g/mol. The van der Waals surface area contributed by atoms with Crippen LogP contribution in [0.3, 0.4) is 0 Å². The second-order valence-corrected chi connectivity index (χ2v) is 18.7. The topological polar surface area (TPSA) is 186 Å². The Kier molecular flexibility index (Phi) is 14.3. The van der Waals surface area contributed by atoms with Crippen molar-refractivity contribution >= 4 is 98.8 Å². The zero-order valence-corrected chi connectivity index (χ0v) is 39.7. The number of amides is 4. The molecule has 4 saturated heterocycles. The first-order valence-electron chi connectivity index (χ1n) is 22.7. The highest BCUT2D eigenvalue weighted by atomic mass is 35.5. The van der Waals surface area contributed by atoms with Crippen molar-refractivity contribution in [2.45, 2.75) is 24.4 Å². The third-order valence-electron chi connectivity index (χ3n) is 13.5. The highest BCUT2D eigenvalue weighted by Crippen LogP contribution is 2.46. The zero-order valence-electron chi connectivity index (χ0n) is 37.4. The molecule has 5 aliphatic heterocycles. The number of nitrogens with one attached hydrogen (secondary N) is 4. The summed E-state index contributed by atoms with van der Waals surface area (Å²) in [6.07, 6.45) is 10.4. The molecule has 2 atom stereocenters. The maximum atomic E-state index is 13.6. The normalized spacial score (nSPS) is 20.9. The largest absolute Gasteiger partial charge is 0.374 e. The van der Waals surface area contributed by atoms with Gasteiger partial charge in [0.1, 0.15) is 0 Å². The van der Waals surface area contributed by atoms with E-state index in [9.17, 15) is 19.2 Å². The van der Waals surface area contributed by atoms with Crippen molar-refractivity contribution < 1.29 is 19.2 Å². The lowest BCUT2D eigenvalue weighted by Crippen LogP contribution is -2.64. The molecule has 4 amide bonds. The molecule has 0 radical (unpaired) electrons. The van der Waals surface area contributed by atoms with Crippen molar-refractivity contribution in [2.24, 2.45) is 15.9 Å². The van der Waals surface area contributed by atoms with Crippen LogP contribution in [0.2, 0.25) is 15.1 Å². The SMILES string of the molecule is C=CC(=O)N1CC(N2CCN(C(=O)CNc3cc(Cl)c(Cl)cc3NC3=NC=CC4CC(c5cc(NCC(=O)N6CCN(C7CN(C(=O)C=C)C7)CC6)c(Nc6ncccn6)cc5Cl)C4=N3)CC2)C1. The molecule has 4 N–H and O–H groups in total. The standard InChI is InChI=1S/C47H53Cl3N14O4/c1-3-41(65)63-25-30(26-63)59-10-14-61(15-11-59)43(67)23-54-37-19-32(34(48)20-39(37)56-46-51-7-5-8-52-46)33-18-29-6-9-53-47(58-45(29)33)57-40-22-36(50)35(49)21-38(40)55-24-44(68)62-16-12-60(13-17-62)31-27-64(28-31)42(66)4-2/h3-9,19-22,29-31,33,54-55H,1-2,10-18,23-28H2,(H,53,57)(H,51,52,56). The van der Waals surface area contributed by atoms with Crippen molar-refractivity contribution in [1.29, 1.82) is 0 Å². The summed E-state index contributed by atoms with van der Waals surface area (Å²) < 4.78 is 0. The van der Waals surface area contributed by atoms with Crippen LogP contribution in [0.15, 0.2) is 90.3 Å². The van der Waals surface area contributed by atoms with E-state index in [1.807, 2.05) is 28.0 Å². The van der Waals surface area contributed by atoms with Gasteiger partial charge < -0.3 is 40.9 Å². The number of allylic oxidation sites excluding steroid dienone is 1. The van der Waals surface area contributed by atoms with Crippen molar-refractivity contribution in [3.05, 3.63) is 101 Å². The lowest BCUT2D eigenvalue weighted by atomic mass is 9.69. The summed E-state index contributed by atoms with van der Waals surface area (Å²) in [5.74, 6) is 0.344. The first kappa shape index (κ1) is 47.0. The van der Waals surface area contributed by atoms with E-state index in [0.717, 1.165) is 43.9 Å². The summed E-state index contributed by atoms with van der Waals surface area (Å²) in [6, 6.07) is 9.44. The first-order valence-corrected chi connectivity index (χ1v) is 23.9. The number of benzene rings is 2. The molecule has 21 heteroatoms. The van der Waals surface area contributed by atoms with Gasteiger partial charge in [-0.25, -0.2) is 20.0 Å². The van der Waals surface area contributed by atoms with Gasteiger partial charge in [0.25, 0.3) is 0 Å². The fraction of sp³-hybridized carbons (Fsp3) is 0.404. The summed E-state index contributed by atoms with van der Waals surface area (Å²) in [6.45, 7) is 15.2. The lowest BCUT2D eigenvalue weighted by molar-refractivity contribution is -0.137. The number of aromatic nitrogens is 2. The van der Waals surface area contributed by atoms with Crippen molar-refractivity contribution in [3.63, 3.8) is 0 Å². The van der Waals surface area contributed by atoms with Crippen LogP contribution in [0.25, 0.3) is 0 Å². The van der Waals surface area contributed by atoms with Crippen molar-refractivity contribution in [2.75, 3.05) is 113 Å². The van der Waals surface area contributed by atoms with Gasteiger partial charge in [0, 0.05) is 132 Å². The Labute approximate surface area is 409 Å². The Bertz CT molecular complexity index is 2550. The molecule has 68 heavy (non-hydrogen) atoms. The number of hydrogen-bond donors (Lipinski definition) is 4. The van der Waals surface area contributed by atoms with Crippen molar-refractivity contribution in [1.82, 2.24) is 39.4 Å². The van der Waals surface area contributed by atoms with Crippen LogP contribution in [0.4, 0.5) is 28.7 Å². The van der Waals surface area contributed by atoms with Gasteiger partial charge in [-0.15, -0.1) is 0 Å². The molecule has 1 saturated carbocycles. The Hall–Kier alpha value is -6.05. The average molecular weight is 984 g/mol. The van der Waals surface area contributed by atoms with Gasteiger partial charge in [-0.1, -0.05) is 54.0 Å². The van der Waals surface area contributed by atoms with Gasteiger partial charge in [-0.3, -0.25) is 29.0 Å². The van der Waals surface area contributed by atoms with Crippen molar-refractivity contribution in [3.8, 4) is 0 Å². The number of piperazine rings is 2. The van der Waals surface area contributed by atoms with E-state index in [4.69, 9.17) is 39.8 Å². The highest BCUT2D eigenvalue weighted by Gasteiger charge is 2.40. The van der Waals surface area contributed by atoms with Gasteiger partial charge in [-0.05, 0) is 54.5 Å². The number of likely N-dealkylation sites (tertiary alicyclic amines) is 2. The molecule has 6 aliphatic rings. The maximum absolute atomic E-state index is 13.6. The van der Waals surface area contributed by atoms with Crippen LogP contribution in [-0.2, 0) is 19.2 Å². The maximum Gasteiger partial charge on any atom is 0.246 e. The number of halogens is 3. The predicted molar refractivity (Wildman–Crippen MR) is 266 cm³/mol. The van der Waals surface area contributed by atoms with Crippen LogP contribution in [-0.4, -0.2) is 178 Å². The van der Waals surface area contributed by atoms with E-state index in [1.165, 1.54) is 12.2 Å². The monoisotopic (exact) mass is 982 g/mol. The van der Waals surface area contributed by atoms with E-state index < -0.39 is 0 Å².